The Kier molecular flexibility index (Phi) is 8.73. The molecule has 0 aromatic heterocycles. The lowest BCUT2D eigenvalue weighted by molar-refractivity contribution is -0.0290. The Morgan fingerprint density at radius 3 is 2.66 bits per heavy atom. The number of urea groups is 1. The fourth-order valence-corrected chi connectivity index (χ4v) is 3.89. The van der Waals surface area contributed by atoms with Crippen LogP contribution < -0.4 is 10.6 Å². The number of nitrogens with zero attached hydrogens (tertiary/aromatic N) is 2. The van der Waals surface area contributed by atoms with Gasteiger partial charge < -0.3 is 20.1 Å². The molecular weight excluding hydrogens is 368 g/mol. The summed E-state index contributed by atoms with van der Waals surface area (Å²) >= 11 is 0. The predicted molar refractivity (Wildman–Crippen MR) is 114 cm³/mol. The van der Waals surface area contributed by atoms with Gasteiger partial charge in [-0.05, 0) is 17.0 Å². The average molecular weight is 405 g/mol. The van der Waals surface area contributed by atoms with Crippen molar-refractivity contribution in [2.24, 2.45) is 5.92 Å². The maximum absolute atomic E-state index is 12.2. The lowest BCUT2D eigenvalue weighted by Crippen LogP contribution is -2.49. The molecule has 2 fully saturated rings. The summed E-state index contributed by atoms with van der Waals surface area (Å²) in [6.07, 6.45) is 0.0603. The number of hydrogen-bond acceptors (Lipinski definition) is 5. The Labute approximate surface area is 174 Å². The van der Waals surface area contributed by atoms with Gasteiger partial charge in [-0.1, -0.05) is 38.1 Å². The van der Waals surface area contributed by atoms with Gasteiger partial charge in [0.2, 0.25) is 0 Å². The van der Waals surface area contributed by atoms with E-state index < -0.39 is 0 Å². The van der Waals surface area contributed by atoms with Crippen molar-refractivity contribution in [3.05, 3.63) is 35.4 Å². The van der Waals surface area contributed by atoms with E-state index in [2.05, 4.69) is 58.5 Å². The highest BCUT2D eigenvalue weighted by Gasteiger charge is 2.21. The molecule has 0 bridgehead atoms. The van der Waals surface area contributed by atoms with Gasteiger partial charge in [-0.2, -0.15) is 0 Å². The summed E-state index contributed by atoms with van der Waals surface area (Å²) in [5, 5.41) is 5.91. The van der Waals surface area contributed by atoms with Crippen molar-refractivity contribution in [3.8, 4) is 0 Å². The minimum atomic E-state index is -0.145. The second kappa shape index (κ2) is 11.5. The van der Waals surface area contributed by atoms with Crippen LogP contribution in [0.3, 0.4) is 0 Å². The van der Waals surface area contributed by atoms with E-state index in [1.807, 2.05) is 0 Å². The maximum Gasteiger partial charge on any atom is 0.315 e. The minimum Gasteiger partial charge on any atom is -0.379 e. The molecule has 0 unspecified atom stereocenters. The maximum atomic E-state index is 12.2. The number of carbonyl (C=O) groups is 1. The fraction of sp³-hybridized carbons (Fsp3) is 0.682. The normalized spacial score (nSPS) is 21.3. The highest BCUT2D eigenvalue weighted by molar-refractivity contribution is 5.73. The lowest BCUT2D eigenvalue weighted by Gasteiger charge is -2.33. The monoisotopic (exact) mass is 404 g/mol. The first-order valence-corrected chi connectivity index (χ1v) is 10.8. The van der Waals surface area contributed by atoms with E-state index in [9.17, 15) is 4.79 Å². The van der Waals surface area contributed by atoms with Crippen LogP contribution in [0.15, 0.2) is 24.3 Å². The number of rotatable bonds is 8. The third-order valence-electron chi connectivity index (χ3n) is 5.29. The van der Waals surface area contributed by atoms with Crippen molar-refractivity contribution in [3.63, 3.8) is 0 Å². The molecule has 2 heterocycles. The van der Waals surface area contributed by atoms with Gasteiger partial charge >= 0.3 is 6.03 Å². The number of morpholine rings is 2. The lowest BCUT2D eigenvalue weighted by atomic mass is 10.1. The Morgan fingerprint density at radius 2 is 1.86 bits per heavy atom. The van der Waals surface area contributed by atoms with Crippen LogP contribution in [-0.4, -0.2) is 81.0 Å². The smallest absolute Gasteiger partial charge is 0.315 e. The van der Waals surface area contributed by atoms with Gasteiger partial charge in [0.05, 0.1) is 25.9 Å². The highest BCUT2D eigenvalue weighted by Crippen LogP contribution is 2.10. The second-order valence-corrected chi connectivity index (χ2v) is 8.42. The standard InChI is InChI=1S/C22H36N4O3/c1-18(2)15-26-8-11-29-21(17-26)14-24-22(27)23-13-19-4-3-5-20(12-19)16-25-6-9-28-10-7-25/h3-5,12,18,21H,6-11,13-17H2,1-2H3,(H2,23,24,27)/t21-/m1/s1. The van der Waals surface area contributed by atoms with Gasteiger partial charge in [-0.15, -0.1) is 0 Å². The molecule has 2 aliphatic rings. The number of amides is 2. The summed E-state index contributed by atoms with van der Waals surface area (Å²) in [6.45, 7) is 13.7. The molecule has 2 saturated heterocycles. The molecule has 1 aromatic carbocycles. The van der Waals surface area contributed by atoms with Gasteiger partial charge in [-0.25, -0.2) is 4.79 Å². The number of nitrogens with one attached hydrogen (secondary N) is 2. The zero-order chi connectivity index (χ0) is 20.5. The molecule has 0 saturated carbocycles. The van der Waals surface area contributed by atoms with Crippen LogP contribution in [0.2, 0.25) is 0 Å². The van der Waals surface area contributed by atoms with Crippen LogP contribution in [0.4, 0.5) is 4.79 Å². The van der Waals surface area contributed by atoms with Crippen molar-refractivity contribution in [2.75, 3.05) is 59.1 Å². The first-order chi connectivity index (χ1) is 14.1. The summed E-state index contributed by atoms with van der Waals surface area (Å²) in [4.78, 5) is 17.0. The van der Waals surface area contributed by atoms with E-state index in [4.69, 9.17) is 9.47 Å². The molecule has 1 aromatic rings. The molecule has 2 aliphatic heterocycles. The van der Waals surface area contributed by atoms with Crippen molar-refractivity contribution in [1.82, 2.24) is 20.4 Å². The number of hydrogen-bond donors (Lipinski definition) is 2. The van der Waals surface area contributed by atoms with E-state index >= 15 is 0 Å². The topological polar surface area (TPSA) is 66.1 Å². The van der Waals surface area contributed by atoms with Gasteiger partial charge in [0.25, 0.3) is 0 Å². The molecule has 2 N–H and O–H groups in total. The van der Waals surface area contributed by atoms with E-state index in [0.29, 0.717) is 19.0 Å². The largest absolute Gasteiger partial charge is 0.379 e. The van der Waals surface area contributed by atoms with Gasteiger partial charge in [0.15, 0.2) is 0 Å². The minimum absolute atomic E-state index is 0.0603. The van der Waals surface area contributed by atoms with Crippen molar-refractivity contribution in [2.45, 2.75) is 33.0 Å². The summed E-state index contributed by atoms with van der Waals surface area (Å²) in [6, 6.07) is 8.28. The number of benzene rings is 1. The van der Waals surface area contributed by atoms with Crippen molar-refractivity contribution < 1.29 is 14.3 Å². The van der Waals surface area contributed by atoms with Gasteiger partial charge in [0, 0.05) is 52.4 Å². The predicted octanol–water partition coefficient (Wildman–Crippen LogP) is 1.67. The molecule has 2 amide bonds. The highest BCUT2D eigenvalue weighted by atomic mass is 16.5. The zero-order valence-corrected chi connectivity index (χ0v) is 17.9. The van der Waals surface area contributed by atoms with Crippen LogP contribution in [0.1, 0.15) is 25.0 Å². The quantitative estimate of drug-likeness (QED) is 0.690. The fourth-order valence-electron chi connectivity index (χ4n) is 3.89. The van der Waals surface area contributed by atoms with E-state index in [1.54, 1.807) is 0 Å². The van der Waals surface area contributed by atoms with E-state index in [1.165, 1.54) is 5.56 Å². The van der Waals surface area contributed by atoms with Crippen LogP contribution in [0.25, 0.3) is 0 Å². The first-order valence-electron chi connectivity index (χ1n) is 10.8. The molecule has 7 heteroatoms. The molecule has 29 heavy (non-hydrogen) atoms. The number of ether oxygens (including phenoxy) is 2. The van der Waals surface area contributed by atoms with Crippen LogP contribution in [-0.2, 0) is 22.6 Å². The van der Waals surface area contributed by atoms with Crippen LogP contribution in [0.5, 0.6) is 0 Å². The third-order valence-corrected chi connectivity index (χ3v) is 5.29. The van der Waals surface area contributed by atoms with Gasteiger partial charge in [0.1, 0.15) is 0 Å². The first kappa shape index (κ1) is 22.0. The Morgan fingerprint density at radius 1 is 1.10 bits per heavy atom. The molecule has 0 radical (unpaired) electrons. The third kappa shape index (κ3) is 7.93. The van der Waals surface area contributed by atoms with Crippen LogP contribution in [0, 0.1) is 5.92 Å². The summed E-state index contributed by atoms with van der Waals surface area (Å²) in [7, 11) is 0. The molecule has 1 atom stereocenters. The Bertz CT molecular complexity index is 634. The average Bonchev–Trinajstić information content (AvgIpc) is 2.72. The van der Waals surface area contributed by atoms with Crippen LogP contribution >= 0.6 is 0 Å². The summed E-state index contributed by atoms with van der Waals surface area (Å²) in [5.41, 5.74) is 2.38. The molecule has 7 nitrogen and oxygen atoms in total. The molecule has 0 aliphatic carbocycles. The van der Waals surface area contributed by atoms with Gasteiger partial charge in [-0.3, -0.25) is 9.80 Å². The SMILES string of the molecule is CC(C)CN1CCO[C@H](CNC(=O)NCc2cccc(CN3CCOCC3)c2)C1. The van der Waals surface area contributed by atoms with Crippen molar-refractivity contribution >= 4 is 6.03 Å². The molecule has 162 valence electrons. The zero-order valence-electron chi connectivity index (χ0n) is 17.9. The van der Waals surface area contributed by atoms with E-state index in [-0.39, 0.29) is 12.1 Å². The summed E-state index contributed by atoms with van der Waals surface area (Å²) in [5.74, 6) is 0.643. The second-order valence-electron chi connectivity index (χ2n) is 8.42. The molecule has 0 spiro atoms. The van der Waals surface area contributed by atoms with Crippen molar-refractivity contribution in [1.29, 1.82) is 0 Å². The Balaban J connectivity index is 1.37. The molecule has 3 rings (SSSR count). The Hall–Kier alpha value is -1.67. The number of carbonyl (C=O) groups excluding carboxylic acids is 1. The summed E-state index contributed by atoms with van der Waals surface area (Å²) < 4.78 is 11.2. The molecular formula is C22H36N4O3. The van der Waals surface area contributed by atoms with E-state index in [0.717, 1.165) is 64.7 Å².